The molecule has 2 rings (SSSR count). The fourth-order valence-electron chi connectivity index (χ4n) is 1.78. The van der Waals surface area contributed by atoms with Crippen LogP contribution in [0, 0.1) is 13.8 Å². The van der Waals surface area contributed by atoms with Crippen molar-refractivity contribution in [2.24, 2.45) is 5.73 Å². The fourth-order valence-corrected chi connectivity index (χ4v) is 2.88. The molecule has 2 aromatic rings. The van der Waals surface area contributed by atoms with Crippen molar-refractivity contribution < 1.29 is 0 Å². The van der Waals surface area contributed by atoms with Gasteiger partial charge in [0.25, 0.3) is 0 Å². The summed E-state index contributed by atoms with van der Waals surface area (Å²) in [7, 11) is 0. The van der Waals surface area contributed by atoms with Gasteiger partial charge in [0.05, 0.1) is 0 Å². The van der Waals surface area contributed by atoms with Crippen LogP contribution in [0.4, 0.5) is 0 Å². The van der Waals surface area contributed by atoms with Crippen molar-refractivity contribution in [2.75, 3.05) is 6.54 Å². The van der Waals surface area contributed by atoms with E-state index in [4.69, 9.17) is 5.73 Å². The third kappa shape index (κ3) is 3.12. The first-order chi connectivity index (χ1) is 8.70. The average molecular weight is 258 g/mol. The van der Waals surface area contributed by atoms with Crippen LogP contribution in [0.15, 0.2) is 46.5 Å². The van der Waals surface area contributed by atoms with E-state index in [2.05, 4.69) is 43.1 Å². The van der Waals surface area contributed by atoms with Crippen LogP contribution in [0.1, 0.15) is 16.7 Å². The Labute approximate surface area is 113 Å². The number of benzene rings is 1. The van der Waals surface area contributed by atoms with Gasteiger partial charge in [0.1, 0.15) is 5.03 Å². The van der Waals surface area contributed by atoms with Crippen LogP contribution in [-0.4, -0.2) is 11.5 Å². The normalized spacial score (nSPS) is 10.6. The second kappa shape index (κ2) is 6.03. The van der Waals surface area contributed by atoms with Gasteiger partial charge < -0.3 is 5.73 Å². The van der Waals surface area contributed by atoms with Crippen molar-refractivity contribution in [3.63, 3.8) is 0 Å². The van der Waals surface area contributed by atoms with E-state index >= 15 is 0 Å². The lowest BCUT2D eigenvalue weighted by Crippen LogP contribution is -2.04. The van der Waals surface area contributed by atoms with Gasteiger partial charge in [-0.3, -0.25) is 0 Å². The van der Waals surface area contributed by atoms with Crippen molar-refractivity contribution in [3.05, 3.63) is 53.2 Å². The van der Waals surface area contributed by atoms with Crippen molar-refractivity contribution in [2.45, 2.75) is 30.2 Å². The minimum Gasteiger partial charge on any atom is -0.330 e. The number of hydrogen-bond donors (Lipinski definition) is 1. The van der Waals surface area contributed by atoms with E-state index in [0.29, 0.717) is 6.54 Å². The summed E-state index contributed by atoms with van der Waals surface area (Å²) < 4.78 is 0. The molecule has 94 valence electrons. The van der Waals surface area contributed by atoms with Crippen LogP contribution in [-0.2, 0) is 6.42 Å². The minimum absolute atomic E-state index is 0.659. The highest BCUT2D eigenvalue weighted by Crippen LogP contribution is 2.31. The summed E-state index contributed by atoms with van der Waals surface area (Å²) in [5.74, 6) is 0. The molecule has 3 heteroatoms. The maximum Gasteiger partial charge on any atom is 0.104 e. The molecule has 0 radical (unpaired) electrons. The van der Waals surface area contributed by atoms with Crippen molar-refractivity contribution in [1.29, 1.82) is 0 Å². The third-order valence-electron chi connectivity index (χ3n) is 2.81. The first kappa shape index (κ1) is 13.1. The largest absolute Gasteiger partial charge is 0.330 e. The van der Waals surface area contributed by atoms with Crippen LogP contribution in [0.25, 0.3) is 0 Å². The molecule has 0 aliphatic carbocycles. The molecule has 2 N–H and O–H groups in total. The summed E-state index contributed by atoms with van der Waals surface area (Å²) in [5, 5.41) is 1.07. The van der Waals surface area contributed by atoms with Gasteiger partial charge in [-0.25, -0.2) is 4.98 Å². The van der Waals surface area contributed by atoms with Crippen molar-refractivity contribution >= 4 is 11.8 Å². The summed E-state index contributed by atoms with van der Waals surface area (Å²) in [6.45, 7) is 4.90. The summed E-state index contributed by atoms with van der Waals surface area (Å²) in [6.07, 6.45) is 2.72. The predicted molar refractivity (Wildman–Crippen MR) is 77.0 cm³/mol. The van der Waals surface area contributed by atoms with E-state index in [1.54, 1.807) is 11.8 Å². The van der Waals surface area contributed by atoms with Gasteiger partial charge in [0, 0.05) is 11.1 Å². The van der Waals surface area contributed by atoms with E-state index in [-0.39, 0.29) is 0 Å². The molecule has 0 spiro atoms. The molecule has 0 bridgehead atoms. The Hall–Kier alpha value is -1.32. The fraction of sp³-hybridized carbons (Fsp3) is 0.267. The molecule has 2 nitrogen and oxygen atoms in total. The molecule has 0 saturated carbocycles. The molecule has 0 amide bonds. The number of aromatic nitrogens is 1. The smallest absolute Gasteiger partial charge is 0.104 e. The van der Waals surface area contributed by atoms with Gasteiger partial charge in [-0.2, -0.15) is 0 Å². The zero-order chi connectivity index (χ0) is 13.0. The molecule has 0 saturated heterocycles. The molecular weight excluding hydrogens is 240 g/mol. The van der Waals surface area contributed by atoms with Crippen LogP contribution < -0.4 is 5.73 Å². The Balaban J connectivity index is 2.30. The van der Waals surface area contributed by atoms with E-state index < -0.39 is 0 Å². The number of nitrogens with zero attached hydrogens (tertiary/aromatic N) is 1. The van der Waals surface area contributed by atoms with Crippen LogP contribution >= 0.6 is 11.8 Å². The van der Waals surface area contributed by atoms with Gasteiger partial charge >= 0.3 is 0 Å². The average Bonchev–Trinajstić information content (AvgIpc) is 2.36. The molecule has 1 heterocycles. The lowest BCUT2D eigenvalue weighted by molar-refractivity contribution is 0.911. The van der Waals surface area contributed by atoms with E-state index in [1.807, 2.05) is 12.3 Å². The van der Waals surface area contributed by atoms with E-state index in [0.717, 1.165) is 11.4 Å². The zero-order valence-corrected chi connectivity index (χ0v) is 11.6. The maximum atomic E-state index is 5.64. The highest BCUT2D eigenvalue weighted by molar-refractivity contribution is 7.99. The number of hydrogen-bond acceptors (Lipinski definition) is 3. The molecule has 0 aliphatic heterocycles. The number of nitrogens with two attached hydrogens (primary N) is 1. The van der Waals surface area contributed by atoms with Gasteiger partial charge in [0.2, 0.25) is 0 Å². The Morgan fingerprint density at radius 1 is 1.22 bits per heavy atom. The molecule has 0 unspecified atom stereocenters. The zero-order valence-electron chi connectivity index (χ0n) is 10.8. The summed E-state index contributed by atoms with van der Waals surface area (Å²) in [5.41, 5.74) is 9.43. The van der Waals surface area contributed by atoms with Crippen molar-refractivity contribution in [1.82, 2.24) is 4.98 Å². The van der Waals surface area contributed by atoms with Crippen LogP contribution in [0.5, 0.6) is 0 Å². The summed E-state index contributed by atoms with van der Waals surface area (Å²) in [6, 6.07) is 10.6. The molecular formula is C15H18N2S. The minimum atomic E-state index is 0.659. The molecule has 0 aliphatic rings. The highest BCUT2D eigenvalue weighted by atomic mass is 32.2. The molecule has 1 aromatic heterocycles. The molecule has 0 atom stereocenters. The highest BCUT2D eigenvalue weighted by Gasteiger charge is 2.07. The molecule has 18 heavy (non-hydrogen) atoms. The lowest BCUT2D eigenvalue weighted by Gasteiger charge is -2.09. The Morgan fingerprint density at radius 3 is 2.83 bits per heavy atom. The Morgan fingerprint density at radius 2 is 2.06 bits per heavy atom. The van der Waals surface area contributed by atoms with Gasteiger partial charge in [-0.05, 0) is 55.6 Å². The standard InChI is InChI=1S/C15H18N2S/c1-11-5-6-12(2)14(10-11)18-15-13(7-8-16)4-3-9-17-15/h3-6,9-10H,7-8,16H2,1-2H3. The van der Waals surface area contributed by atoms with Gasteiger partial charge in [-0.15, -0.1) is 0 Å². The summed E-state index contributed by atoms with van der Waals surface area (Å²) >= 11 is 1.73. The quantitative estimate of drug-likeness (QED) is 0.914. The van der Waals surface area contributed by atoms with Gasteiger partial charge in [0.15, 0.2) is 0 Å². The number of rotatable bonds is 4. The Bertz CT molecular complexity index is 538. The van der Waals surface area contributed by atoms with E-state index in [1.165, 1.54) is 21.6 Å². The second-order valence-electron chi connectivity index (χ2n) is 4.38. The first-order valence-corrected chi connectivity index (χ1v) is 6.91. The van der Waals surface area contributed by atoms with Crippen LogP contribution in [0.2, 0.25) is 0 Å². The number of aryl methyl sites for hydroxylation is 2. The second-order valence-corrected chi connectivity index (χ2v) is 5.41. The van der Waals surface area contributed by atoms with Gasteiger partial charge in [-0.1, -0.05) is 30.0 Å². The third-order valence-corrected chi connectivity index (χ3v) is 4.03. The SMILES string of the molecule is Cc1ccc(C)c(Sc2ncccc2CCN)c1. The topological polar surface area (TPSA) is 38.9 Å². The molecule has 0 fully saturated rings. The predicted octanol–water partition coefficient (Wildman–Crippen LogP) is 3.35. The number of pyridine rings is 1. The summed E-state index contributed by atoms with van der Waals surface area (Å²) in [4.78, 5) is 5.74. The van der Waals surface area contributed by atoms with Crippen molar-refractivity contribution in [3.8, 4) is 0 Å². The maximum absolute atomic E-state index is 5.64. The lowest BCUT2D eigenvalue weighted by atomic mass is 10.2. The van der Waals surface area contributed by atoms with Crippen LogP contribution in [0.3, 0.4) is 0 Å². The molecule has 1 aromatic carbocycles. The Kier molecular flexibility index (Phi) is 4.39. The van der Waals surface area contributed by atoms with E-state index in [9.17, 15) is 0 Å². The monoisotopic (exact) mass is 258 g/mol. The first-order valence-electron chi connectivity index (χ1n) is 6.10.